The summed E-state index contributed by atoms with van der Waals surface area (Å²) in [6.45, 7) is 0. The third-order valence-corrected chi connectivity index (χ3v) is 6.10. The highest BCUT2D eigenvalue weighted by Gasteiger charge is 2.35. The highest BCUT2D eigenvalue weighted by Crippen LogP contribution is 2.49. The van der Waals surface area contributed by atoms with Crippen molar-refractivity contribution in [1.82, 2.24) is 19.5 Å². The van der Waals surface area contributed by atoms with E-state index in [0.717, 1.165) is 6.08 Å². The van der Waals surface area contributed by atoms with Gasteiger partial charge in [-0.1, -0.05) is 36.4 Å². The Morgan fingerprint density at radius 2 is 1.67 bits per heavy atom. The van der Waals surface area contributed by atoms with Gasteiger partial charge in [-0.3, -0.25) is 4.57 Å². The summed E-state index contributed by atoms with van der Waals surface area (Å²) < 4.78 is 52.2. The summed E-state index contributed by atoms with van der Waals surface area (Å²) in [5.74, 6) is 0.0921. The summed E-state index contributed by atoms with van der Waals surface area (Å²) in [5.41, 5.74) is 0.903. The molecule has 2 aromatic heterocycles. The first-order valence-electron chi connectivity index (χ1n) is 9.95. The fourth-order valence-electron chi connectivity index (χ4n) is 3.21. The molecule has 9 nitrogen and oxygen atoms in total. The Morgan fingerprint density at radius 3 is 2.33 bits per heavy atom. The zero-order chi connectivity index (χ0) is 22.7. The van der Waals surface area contributed by atoms with Crippen molar-refractivity contribution in [3.8, 4) is 11.5 Å². The van der Waals surface area contributed by atoms with E-state index in [-0.39, 0.29) is 0 Å². The van der Waals surface area contributed by atoms with E-state index in [0.29, 0.717) is 22.7 Å². The lowest BCUT2D eigenvalue weighted by Crippen LogP contribution is -2.18. The normalized spacial score (nSPS) is 18.3. The van der Waals surface area contributed by atoms with Gasteiger partial charge < -0.3 is 18.5 Å². The van der Waals surface area contributed by atoms with Crippen LogP contribution in [0.2, 0.25) is 0 Å². The predicted octanol–water partition coefficient (Wildman–Crippen LogP) is 4.86. The smallest absolute Gasteiger partial charge is 0.415 e. The van der Waals surface area contributed by atoms with Crippen LogP contribution in [0.25, 0.3) is 11.2 Å². The van der Waals surface area contributed by atoms with E-state index >= 15 is 0 Å². The number of hydrogen-bond donors (Lipinski definition) is 0. The molecule has 0 unspecified atom stereocenters. The molecule has 0 bridgehead atoms. The van der Waals surface area contributed by atoms with E-state index < -0.39 is 32.3 Å². The maximum absolute atomic E-state index is 14.7. The molecule has 2 aromatic carbocycles. The van der Waals surface area contributed by atoms with Gasteiger partial charge in [0.1, 0.15) is 23.3 Å². The Labute approximate surface area is 188 Å². The fourth-order valence-corrected chi connectivity index (χ4v) is 4.56. The number of halogens is 1. The number of imidazole rings is 1. The minimum absolute atomic E-state index is 0.344. The lowest BCUT2D eigenvalue weighted by Gasteiger charge is -2.22. The van der Waals surface area contributed by atoms with Gasteiger partial charge in [-0.25, -0.2) is 23.9 Å². The van der Waals surface area contributed by atoms with Crippen LogP contribution < -0.4 is 9.05 Å². The van der Waals surface area contributed by atoms with Crippen molar-refractivity contribution < 1.29 is 27.5 Å². The van der Waals surface area contributed by atoms with Crippen molar-refractivity contribution in [2.75, 3.05) is 6.35 Å². The number of rotatable bonds is 8. The number of ether oxygens (including phenoxy) is 2. The maximum atomic E-state index is 14.7. The van der Waals surface area contributed by atoms with Crippen molar-refractivity contribution >= 4 is 18.8 Å². The van der Waals surface area contributed by atoms with Crippen molar-refractivity contribution in [3.05, 3.63) is 91.4 Å². The lowest BCUT2D eigenvalue weighted by atomic mass is 10.3. The number of nitrogens with zero attached hydrogens (tertiary/aromatic N) is 4. The first kappa shape index (κ1) is 21.3. The van der Waals surface area contributed by atoms with Crippen LogP contribution in [-0.4, -0.2) is 32.2 Å². The van der Waals surface area contributed by atoms with Crippen LogP contribution >= 0.6 is 7.60 Å². The molecule has 3 heterocycles. The lowest BCUT2D eigenvalue weighted by molar-refractivity contribution is -0.129. The molecule has 4 aromatic rings. The molecule has 0 amide bonds. The molecular weight excluding hydrogens is 450 g/mol. The molecule has 0 radical (unpaired) electrons. The summed E-state index contributed by atoms with van der Waals surface area (Å²) in [5, 5.41) is 0. The molecule has 0 spiro atoms. The number of benzene rings is 2. The predicted molar refractivity (Wildman–Crippen MR) is 116 cm³/mol. The molecule has 1 aliphatic heterocycles. The molecule has 0 fully saturated rings. The van der Waals surface area contributed by atoms with Gasteiger partial charge >= 0.3 is 7.60 Å². The molecule has 5 rings (SSSR count). The number of fused-ring (bicyclic) bond motifs is 1. The average molecular weight is 468 g/mol. The first-order chi connectivity index (χ1) is 16.1. The molecular formula is C22H18FN4O5P. The number of aromatic nitrogens is 4. The summed E-state index contributed by atoms with van der Waals surface area (Å²) >= 11 is 0. The molecule has 168 valence electrons. The maximum Gasteiger partial charge on any atom is 0.456 e. The van der Waals surface area contributed by atoms with Crippen molar-refractivity contribution in [3.63, 3.8) is 0 Å². The highest BCUT2D eigenvalue weighted by molar-refractivity contribution is 7.54. The molecule has 2 atom stereocenters. The average Bonchev–Trinajstić information content (AvgIpc) is 3.42. The minimum atomic E-state index is -3.85. The van der Waals surface area contributed by atoms with E-state index in [1.165, 1.54) is 23.4 Å². The van der Waals surface area contributed by atoms with Gasteiger partial charge in [0.05, 0.1) is 12.5 Å². The van der Waals surface area contributed by atoms with E-state index in [4.69, 9.17) is 18.5 Å². The molecule has 0 saturated heterocycles. The number of para-hydroxylation sites is 2. The summed E-state index contributed by atoms with van der Waals surface area (Å²) in [7, 11) is -3.85. The van der Waals surface area contributed by atoms with Crippen LogP contribution in [-0.2, 0) is 14.0 Å². The third-order valence-electron chi connectivity index (χ3n) is 4.66. The Kier molecular flexibility index (Phi) is 5.87. The number of hydrogen-bond acceptors (Lipinski definition) is 8. The van der Waals surface area contributed by atoms with Gasteiger partial charge in [-0.05, 0) is 24.3 Å². The SMILES string of the molecule is O=P(CO[C@@H]1C=C(F)[C@H](n2cnc3cncnc32)O1)(Oc1ccccc1)Oc1ccccc1. The first-order valence-corrected chi connectivity index (χ1v) is 11.7. The van der Waals surface area contributed by atoms with Gasteiger partial charge in [-0.15, -0.1) is 0 Å². The Bertz CT molecular complexity index is 1270. The molecule has 33 heavy (non-hydrogen) atoms. The summed E-state index contributed by atoms with van der Waals surface area (Å²) in [4.78, 5) is 12.1. The van der Waals surface area contributed by atoms with Gasteiger partial charge in [-0.2, -0.15) is 0 Å². The molecule has 0 saturated carbocycles. The molecule has 11 heteroatoms. The van der Waals surface area contributed by atoms with E-state index in [1.54, 1.807) is 60.7 Å². The molecule has 0 N–H and O–H groups in total. The monoisotopic (exact) mass is 468 g/mol. The highest BCUT2D eigenvalue weighted by atomic mass is 31.2. The third kappa shape index (κ3) is 4.78. The molecule has 0 aliphatic carbocycles. The fraction of sp³-hybridized carbons (Fsp3) is 0.136. The second kappa shape index (κ2) is 9.11. The van der Waals surface area contributed by atoms with Crippen molar-refractivity contribution in [2.45, 2.75) is 12.5 Å². The van der Waals surface area contributed by atoms with Gasteiger partial charge in [0.25, 0.3) is 0 Å². The zero-order valence-electron chi connectivity index (χ0n) is 17.1. The second-order valence-corrected chi connectivity index (χ2v) is 8.85. The van der Waals surface area contributed by atoms with Crippen LogP contribution in [0.4, 0.5) is 4.39 Å². The van der Waals surface area contributed by atoms with Gasteiger partial charge in [0, 0.05) is 6.08 Å². The Morgan fingerprint density at radius 1 is 1.00 bits per heavy atom. The molecule has 1 aliphatic rings. The van der Waals surface area contributed by atoms with Crippen LogP contribution in [0, 0.1) is 0 Å². The van der Waals surface area contributed by atoms with Gasteiger partial charge in [0.15, 0.2) is 30.3 Å². The summed E-state index contributed by atoms with van der Waals surface area (Å²) in [6.07, 6.45) is 2.67. The van der Waals surface area contributed by atoms with Crippen LogP contribution in [0.5, 0.6) is 11.5 Å². The van der Waals surface area contributed by atoms with Crippen molar-refractivity contribution in [1.29, 1.82) is 0 Å². The van der Waals surface area contributed by atoms with E-state index in [2.05, 4.69) is 15.0 Å². The zero-order valence-corrected chi connectivity index (χ0v) is 18.0. The second-order valence-electron chi connectivity index (χ2n) is 7.01. The standard InChI is InChI=1S/C22H18FN4O5P/c23-18-11-20(30-22(18)27-14-26-19-12-24-13-25-21(19)27)29-15-33(28,31-16-7-3-1-4-8-16)32-17-9-5-2-6-10-17/h1-14,20,22H,15H2/t20-,22+/m0/s1. The van der Waals surface area contributed by atoms with E-state index in [9.17, 15) is 8.96 Å². The summed E-state index contributed by atoms with van der Waals surface area (Å²) in [6, 6.07) is 17.2. The van der Waals surface area contributed by atoms with Crippen LogP contribution in [0.3, 0.4) is 0 Å². The van der Waals surface area contributed by atoms with Crippen LogP contribution in [0.1, 0.15) is 6.23 Å². The minimum Gasteiger partial charge on any atom is -0.415 e. The Balaban J connectivity index is 1.31. The Hall–Kier alpha value is -3.59. The van der Waals surface area contributed by atoms with Gasteiger partial charge in [0.2, 0.25) is 0 Å². The van der Waals surface area contributed by atoms with E-state index in [1.807, 2.05) is 0 Å². The largest absolute Gasteiger partial charge is 0.456 e. The van der Waals surface area contributed by atoms with Crippen LogP contribution in [0.15, 0.2) is 91.4 Å². The van der Waals surface area contributed by atoms with Crippen molar-refractivity contribution in [2.24, 2.45) is 0 Å². The quantitative estimate of drug-likeness (QED) is 0.338. The topological polar surface area (TPSA) is 97.6 Å².